The lowest BCUT2D eigenvalue weighted by molar-refractivity contribution is 0.270. The van der Waals surface area contributed by atoms with Crippen molar-refractivity contribution in [2.75, 3.05) is 13.2 Å². The zero-order valence-corrected chi connectivity index (χ0v) is 5.47. The average Bonchev–Trinajstić information content (AvgIpc) is 2.58. The molecular weight excluding hydrogens is 138 g/mol. The van der Waals surface area contributed by atoms with Gasteiger partial charge in [-0.05, 0) is 0 Å². The van der Waals surface area contributed by atoms with E-state index in [1.165, 1.54) is 0 Å². The third kappa shape index (κ3) is 0.818. The van der Waals surface area contributed by atoms with Crippen LogP contribution in [0.4, 0.5) is 0 Å². The van der Waals surface area contributed by atoms with E-state index in [0.717, 1.165) is 11.6 Å². The van der Waals surface area contributed by atoms with Crippen LogP contribution in [0.1, 0.15) is 0 Å². The normalized spacial score (nSPS) is 31.8. The summed E-state index contributed by atoms with van der Waals surface area (Å²) in [4.78, 5) is 0.762. The van der Waals surface area contributed by atoms with Gasteiger partial charge in [-0.1, -0.05) is 17.4 Å². The van der Waals surface area contributed by atoms with E-state index in [1.54, 1.807) is 5.01 Å². The predicted molar refractivity (Wildman–Crippen MR) is 33.9 cm³/mol. The van der Waals surface area contributed by atoms with E-state index >= 15 is 0 Å². The van der Waals surface area contributed by atoms with Gasteiger partial charge in [-0.2, -0.15) is 5.11 Å². The Morgan fingerprint density at radius 3 is 3.00 bits per heavy atom. The minimum Gasteiger partial charge on any atom is -0.349 e. The topological polar surface area (TPSA) is 40.5 Å². The van der Waals surface area contributed by atoms with Gasteiger partial charge in [-0.15, -0.1) is 0 Å². The van der Waals surface area contributed by atoms with Gasteiger partial charge < -0.3 is 4.74 Å². The fourth-order valence-corrected chi connectivity index (χ4v) is 0.897. The van der Waals surface area contributed by atoms with Crippen molar-refractivity contribution in [2.45, 2.75) is 6.23 Å². The Labute approximate surface area is 57.5 Å². The van der Waals surface area contributed by atoms with Gasteiger partial charge in [0.25, 0.3) is 0 Å². The van der Waals surface area contributed by atoms with Gasteiger partial charge >= 0.3 is 0 Å². The zero-order valence-electron chi connectivity index (χ0n) is 4.65. The third-order valence-corrected chi connectivity index (χ3v) is 1.53. The van der Waals surface area contributed by atoms with Crippen LogP contribution in [0.25, 0.3) is 0 Å². The fraction of sp³-hybridized carbons (Fsp3) is 0.750. The maximum Gasteiger partial charge on any atom is 0.176 e. The van der Waals surface area contributed by atoms with Crippen molar-refractivity contribution in [2.24, 2.45) is 10.3 Å². The summed E-state index contributed by atoms with van der Waals surface area (Å²) in [5.74, 6) is 0. The standard InChI is InChI=1S/C4H5N3OS/c9-4-1-5-6-7(4)3-2-8-3/h3H,1-2H2. The van der Waals surface area contributed by atoms with E-state index in [-0.39, 0.29) is 6.23 Å². The molecule has 5 heteroatoms. The quantitative estimate of drug-likeness (QED) is 0.393. The monoisotopic (exact) mass is 143 g/mol. The summed E-state index contributed by atoms with van der Waals surface area (Å²) in [5.41, 5.74) is 0. The number of epoxide rings is 1. The lowest BCUT2D eigenvalue weighted by Gasteiger charge is -2.05. The van der Waals surface area contributed by atoms with Crippen LogP contribution in [0.15, 0.2) is 10.3 Å². The summed E-state index contributed by atoms with van der Waals surface area (Å²) in [6.45, 7) is 1.29. The molecule has 1 atom stereocenters. The number of ether oxygens (including phenoxy) is 1. The van der Waals surface area contributed by atoms with Gasteiger partial charge in [0.1, 0.15) is 11.5 Å². The molecule has 0 aromatic carbocycles. The van der Waals surface area contributed by atoms with Gasteiger partial charge in [0.15, 0.2) is 6.23 Å². The molecule has 2 heterocycles. The zero-order chi connectivity index (χ0) is 6.27. The molecule has 0 saturated carbocycles. The van der Waals surface area contributed by atoms with Crippen LogP contribution in [0.2, 0.25) is 0 Å². The summed E-state index contributed by atoms with van der Waals surface area (Å²) >= 11 is 4.92. The highest BCUT2D eigenvalue weighted by Gasteiger charge is 2.34. The number of rotatable bonds is 1. The molecule has 0 aliphatic carbocycles. The van der Waals surface area contributed by atoms with Gasteiger partial charge in [-0.3, -0.25) is 0 Å². The van der Waals surface area contributed by atoms with Crippen molar-refractivity contribution in [3.8, 4) is 0 Å². The van der Waals surface area contributed by atoms with Crippen LogP contribution < -0.4 is 0 Å². The summed E-state index contributed by atoms with van der Waals surface area (Å²) in [6.07, 6.45) is 0.101. The van der Waals surface area contributed by atoms with E-state index in [0.29, 0.717) is 6.54 Å². The van der Waals surface area contributed by atoms with Crippen molar-refractivity contribution in [3.63, 3.8) is 0 Å². The van der Waals surface area contributed by atoms with Gasteiger partial charge in [-0.25, -0.2) is 5.01 Å². The number of hydrogen-bond acceptors (Lipinski definition) is 4. The highest BCUT2D eigenvalue weighted by molar-refractivity contribution is 7.80. The van der Waals surface area contributed by atoms with Crippen LogP contribution >= 0.6 is 12.2 Å². The molecule has 0 radical (unpaired) electrons. The molecule has 2 aliphatic rings. The molecule has 0 aromatic rings. The molecule has 0 spiro atoms. The summed E-state index contributed by atoms with van der Waals surface area (Å²) in [5, 5.41) is 9.16. The predicted octanol–water partition coefficient (Wildman–Crippen LogP) is 0.353. The molecule has 0 amide bonds. The largest absolute Gasteiger partial charge is 0.349 e. The van der Waals surface area contributed by atoms with Crippen molar-refractivity contribution in [1.82, 2.24) is 5.01 Å². The highest BCUT2D eigenvalue weighted by Crippen LogP contribution is 2.19. The molecule has 2 aliphatic heterocycles. The highest BCUT2D eigenvalue weighted by atomic mass is 32.1. The maximum absolute atomic E-state index is 4.95. The second-order valence-electron chi connectivity index (χ2n) is 1.92. The number of hydrogen-bond donors (Lipinski definition) is 0. The Morgan fingerprint density at radius 1 is 1.78 bits per heavy atom. The van der Waals surface area contributed by atoms with Crippen molar-refractivity contribution in [3.05, 3.63) is 0 Å². The molecule has 1 unspecified atom stereocenters. The molecule has 1 fully saturated rings. The van der Waals surface area contributed by atoms with Crippen molar-refractivity contribution < 1.29 is 4.74 Å². The van der Waals surface area contributed by atoms with Crippen molar-refractivity contribution in [1.29, 1.82) is 0 Å². The summed E-state index contributed by atoms with van der Waals surface area (Å²) in [6, 6.07) is 0. The number of thiocarbonyl (C=S) groups is 1. The van der Waals surface area contributed by atoms with E-state index < -0.39 is 0 Å². The maximum atomic E-state index is 4.95. The average molecular weight is 143 g/mol. The van der Waals surface area contributed by atoms with Gasteiger partial charge in [0.05, 0.1) is 6.61 Å². The first-order valence-electron chi connectivity index (χ1n) is 2.69. The van der Waals surface area contributed by atoms with Crippen LogP contribution in [0.3, 0.4) is 0 Å². The minimum absolute atomic E-state index is 0.101. The first kappa shape index (κ1) is 5.25. The SMILES string of the molecule is S=C1CN=NN1C1CO1. The Bertz CT molecular complexity index is 177. The number of nitrogens with zero attached hydrogens (tertiary/aromatic N) is 3. The molecule has 0 bridgehead atoms. The van der Waals surface area contributed by atoms with Crippen LogP contribution in [-0.4, -0.2) is 29.4 Å². The molecule has 4 nitrogen and oxygen atoms in total. The molecule has 1 saturated heterocycles. The molecule has 0 aromatic heterocycles. The summed E-state index contributed by atoms with van der Waals surface area (Å²) < 4.78 is 4.95. The first-order chi connectivity index (χ1) is 4.38. The van der Waals surface area contributed by atoms with Crippen molar-refractivity contribution >= 4 is 17.2 Å². The molecule has 48 valence electrons. The molecular formula is C4H5N3OS. The van der Waals surface area contributed by atoms with E-state index in [9.17, 15) is 0 Å². The lowest BCUT2D eigenvalue weighted by atomic mass is 10.6. The van der Waals surface area contributed by atoms with Crippen LogP contribution in [-0.2, 0) is 4.74 Å². The second kappa shape index (κ2) is 1.71. The van der Waals surface area contributed by atoms with Gasteiger partial charge in [0.2, 0.25) is 0 Å². The Hall–Kier alpha value is -0.550. The smallest absolute Gasteiger partial charge is 0.176 e. The lowest BCUT2D eigenvalue weighted by Crippen LogP contribution is -2.23. The van der Waals surface area contributed by atoms with Crippen LogP contribution in [0.5, 0.6) is 0 Å². The van der Waals surface area contributed by atoms with Crippen LogP contribution in [0, 0.1) is 0 Å². The fourth-order valence-electron chi connectivity index (χ4n) is 0.685. The second-order valence-corrected chi connectivity index (χ2v) is 2.39. The Morgan fingerprint density at radius 2 is 2.56 bits per heavy atom. The molecule has 2 rings (SSSR count). The Kier molecular flexibility index (Phi) is 1.000. The minimum atomic E-state index is 0.101. The summed E-state index contributed by atoms with van der Waals surface area (Å²) in [7, 11) is 0. The van der Waals surface area contributed by atoms with Gasteiger partial charge in [0, 0.05) is 0 Å². The van der Waals surface area contributed by atoms with E-state index in [1.807, 2.05) is 0 Å². The third-order valence-electron chi connectivity index (χ3n) is 1.21. The van der Waals surface area contributed by atoms with E-state index in [2.05, 4.69) is 10.3 Å². The molecule has 0 N–H and O–H groups in total. The van der Waals surface area contributed by atoms with E-state index in [4.69, 9.17) is 17.0 Å². The Balaban J connectivity index is 2.09. The first-order valence-corrected chi connectivity index (χ1v) is 3.10. The molecule has 9 heavy (non-hydrogen) atoms.